The average molecular weight is 223 g/mol. The smallest absolute Gasteiger partial charge is 0.275 e. The topological polar surface area (TPSA) is 68.1 Å². The van der Waals surface area contributed by atoms with Gasteiger partial charge in [-0.15, -0.1) is 0 Å². The second-order valence-electron chi connectivity index (χ2n) is 4.02. The summed E-state index contributed by atoms with van der Waals surface area (Å²) in [5.74, 6) is 0.143. The number of hydrogen-bond acceptors (Lipinski definition) is 4. The molecule has 1 N–H and O–H groups in total. The van der Waals surface area contributed by atoms with Crippen LogP contribution < -0.4 is 5.32 Å². The third-order valence-electron chi connectivity index (χ3n) is 2.96. The van der Waals surface area contributed by atoms with Crippen LogP contribution in [0.2, 0.25) is 0 Å². The number of pyridine rings is 1. The lowest BCUT2D eigenvalue weighted by Gasteiger charge is -2.18. The molecule has 2 unspecified atom stereocenters. The first-order valence-electron chi connectivity index (χ1n) is 5.25. The van der Waals surface area contributed by atoms with Crippen molar-refractivity contribution in [2.45, 2.75) is 32.7 Å². The maximum atomic E-state index is 10.8. The van der Waals surface area contributed by atoms with Crippen molar-refractivity contribution < 1.29 is 4.92 Å². The first kappa shape index (κ1) is 12.6. The van der Waals surface area contributed by atoms with Gasteiger partial charge in [0.15, 0.2) is 0 Å². The highest BCUT2D eigenvalue weighted by Crippen LogP contribution is 2.23. The average Bonchev–Trinajstić information content (AvgIpc) is 2.27. The summed E-state index contributed by atoms with van der Waals surface area (Å²) in [4.78, 5) is 14.7. The molecule has 0 bridgehead atoms. The molecule has 1 aromatic heterocycles. The Labute approximate surface area is 95.0 Å². The zero-order valence-electron chi connectivity index (χ0n) is 10.0. The van der Waals surface area contributed by atoms with E-state index in [1.165, 1.54) is 0 Å². The molecule has 0 aliphatic rings. The molecule has 2 atom stereocenters. The molecule has 5 nitrogen and oxygen atoms in total. The molecule has 0 spiro atoms. The van der Waals surface area contributed by atoms with E-state index in [1.807, 2.05) is 20.9 Å². The normalized spacial score (nSPS) is 14.5. The summed E-state index contributed by atoms with van der Waals surface area (Å²) in [6.45, 7) is 5.72. The van der Waals surface area contributed by atoms with Crippen LogP contribution in [0, 0.1) is 17.0 Å². The Bertz CT molecular complexity index is 393. The van der Waals surface area contributed by atoms with E-state index < -0.39 is 0 Å². The third-order valence-corrected chi connectivity index (χ3v) is 2.96. The molecule has 88 valence electrons. The van der Waals surface area contributed by atoms with Crippen molar-refractivity contribution in [1.82, 2.24) is 10.3 Å². The van der Waals surface area contributed by atoms with Crippen molar-refractivity contribution in [3.05, 3.63) is 33.6 Å². The minimum Gasteiger partial charge on any atom is -0.317 e. The minimum atomic E-state index is -0.364. The van der Waals surface area contributed by atoms with Gasteiger partial charge in [0.25, 0.3) is 5.69 Å². The molecule has 16 heavy (non-hydrogen) atoms. The number of likely N-dealkylation sites (N-methyl/N-ethyl adjacent to an activating group) is 1. The van der Waals surface area contributed by atoms with Gasteiger partial charge in [-0.25, -0.2) is 0 Å². The molecule has 0 aliphatic carbocycles. The summed E-state index contributed by atoms with van der Waals surface area (Å²) in [5.41, 5.74) is 1.48. The summed E-state index contributed by atoms with van der Waals surface area (Å²) in [6.07, 6.45) is 1.56. The first-order chi connectivity index (χ1) is 7.47. The van der Waals surface area contributed by atoms with Gasteiger partial charge in [-0.1, -0.05) is 6.92 Å². The molecule has 0 fully saturated rings. The van der Waals surface area contributed by atoms with Crippen molar-refractivity contribution in [2.24, 2.45) is 0 Å². The van der Waals surface area contributed by atoms with Crippen LogP contribution in [0.3, 0.4) is 0 Å². The van der Waals surface area contributed by atoms with E-state index in [-0.39, 0.29) is 22.6 Å². The predicted molar refractivity (Wildman–Crippen MR) is 62.6 cm³/mol. The van der Waals surface area contributed by atoms with Crippen molar-refractivity contribution in [3.63, 3.8) is 0 Å². The summed E-state index contributed by atoms with van der Waals surface area (Å²) < 4.78 is 0. The van der Waals surface area contributed by atoms with E-state index in [0.29, 0.717) is 5.56 Å². The monoisotopic (exact) mass is 223 g/mol. The molecule has 0 aliphatic heterocycles. The van der Waals surface area contributed by atoms with Crippen LogP contribution in [0.1, 0.15) is 31.0 Å². The Hall–Kier alpha value is -1.49. The van der Waals surface area contributed by atoms with E-state index in [1.54, 1.807) is 19.2 Å². The van der Waals surface area contributed by atoms with E-state index in [4.69, 9.17) is 0 Å². The summed E-state index contributed by atoms with van der Waals surface area (Å²) >= 11 is 0. The van der Waals surface area contributed by atoms with Crippen LogP contribution in [0.5, 0.6) is 0 Å². The second-order valence-corrected chi connectivity index (χ2v) is 4.02. The van der Waals surface area contributed by atoms with Crippen molar-refractivity contribution in [1.29, 1.82) is 0 Å². The summed E-state index contributed by atoms with van der Waals surface area (Å²) in [7, 11) is 1.86. The Morgan fingerprint density at radius 2 is 2.12 bits per heavy atom. The fourth-order valence-electron chi connectivity index (χ4n) is 1.48. The highest BCUT2D eigenvalue weighted by Gasteiger charge is 2.18. The third kappa shape index (κ3) is 2.55. The van der Waals surface area contributed by atoms with Crippen LogP contribution in [0.25, 0.3) is 0 Å². The Morgan fingerprint density at radius 1 is 1.50 bits per heavy atom. The Morgan fingerprint density at radius 3 is 2.62 bits per heavy atom. The maximum Gasteiger partial charge on any atom is 0.275 e. The zero-order chi connectivity index (χ0) is 12.3. The second kappa shape index (κ2) is 5.03. The Balaban J connectivity index is 3.07. The van der Waals surface area contributed by atoms with Crippen LogP contribution >= 0.6 is 0 Å². The minimum absolute atomic E-state index is 0.139. The van der Waals surface area contributed by atoms with Gasteiger partial charge < -0.3 is 5.32 Å². The van der Waals surface area contributed by atoms with Gasteiger partial charge in [-0.3, -0.25) is 15.1 Å². The number of rotatable bonds is 4. The van der Waals surface area contributed by atoms with Gasteiger partial charge in [-0.05, 0) is 20.9 Å². The van der Waals surface area contributed by atoms with Gasteiger partial charge in [0.05, 0.1) is 10.6 Å². The van der Waals surface area contributed by atoms with Crippen LogP contribution in [0.15, 0.2) is 12.3 Å². The molecule has 0 saturated carbocycles. The Kier molecular flexibility index (Phi) is 3.95. The SMILES string of the molecule is CNC(C)C(C)c1cc([N+](=O)[O-])c(C)cn1. The lowest BCUT2D eigenvalue weighted by atomic mass is 9.98. The van der Waals surface area contributed by atoms with Crippen molar-refractivity contribution in [2.75, 3.05) is 7.05 Å². The fourth-order valence-corrected chi connectivity index (χ4v) is 1.48. The standard InChI is InChI=1S/C11H17N3O2/c1-7-6-13-10(5-11(7)14(15)16)8(2)9(3)12-4/h5-6,8-9,12H,1-4H3. The molecule has 0 radical (unpaired) electrons. The highest BCUT2D eigenvalue weighted by molar-refractivity contribution is 5.39. The van der Waals surface area contributed by atoms with Crippen LogP contribution in [-0.4, -0.2) is 23.0 Å². The number of nitrogens with zero attached hydrogens (tertiary/aromatic N) is 2. The largest absolute Gasteiger partial charge is 0.317 e. The predicted octanol–water partition coefficient (Wildman–Crippen LogP) is 2.01. The molecule has 5 heteroatoms. The molecule has 1 aromatic rings. The molecule has 1 rings (SSSR count). The summed E-state index contributed by atoms with van der Waals surface area (Å²) in [5, 5.41) is 13.9. The van der Waals surface area contributed by atoms with Crippen LogP contribution in [0.4, 0.5) is 5.69 Å². The number of nitrogens with one attached hydrogen (secondary N) is 1. The van der Waals surface area contributed by atoms with Gasteiger partial charge in [0.2, 0.25) is 0 Å². The number of hydrogen-bond donors (Lipinski definition) is 1. The molecular formula is C11H17N3O2. The molecule has 1 heterocycles. The number of nitro groups is 1. The lowest BCUT2D eigenvalue weighted by Crippen LogP contribution is -2.27. The molecule has 0 aromatic carbocycles. The first-order valence-corrected chi connectivity index (χ1v) is 5.25. The maximum absolute atomic E-state index is 10.8. The lowest BCUT2D eigenvalue weighted by molar-refractivity contribution is -0.385. The van der Waals surface area contributed by atoms with E-state index in [0.717, 1.165) is 5.69 Å². The zero-order valence-corrected chi connectivity index (χ0v) is 10.0. The van der Waals surface area contributed by atoms with Gasteiger partial charge in [-0.2, -0.15) is 0 Å². The van der Waals surface area contributed by atoms with E-state index in [2.05, 4.69) is 10.3 Å². The summed E-state index contributed by atoms with van der Waals surface area (Å²) in [6, 6.07) is 1.79. The van der Waals surface area contributed by atoms with Crippen molar-refractivity contribution in [3.8, 4) is 0 Å². The van der Waals surface area contributed by atoms with E-state index in [9.17, 15) is 10.1 Å². The molecular weight excluding hydrogens is 206 g/mol. The van der Waals surface area contributed by atoms with Gasteiger partial charge in [0, 0.05) is 29.8 Å². The van der Waals surface area contributed by atoms with Gasteiger partial charge >= 0.3 is 0 Å². The number of aryl methyl sites for hydroxylation is 1. The van der Waals surface area contributed by atoms with E-state index >= 15 is 0 Å². The quantitative estimate of drug-likeness (QED) is 0.626. The fraction of sp³-hybridized carbons (Fsp3) is 0.545. The van der Waals surface area contributed by atoms with Crippen molar-refractivity contribution >= 4 is 5.69 Å². The highest BCUT2D eigenvalue weighted by atomic mass is 16.6. The van der Waals surface area contributed by atoms with Crippen LogP contribution in [-0.2, 0) is 0 Å². The molecule has 0 saturated heterocycles. The molecule has 0 amide bonds. The number of aromatic nitrogens is 1. The van der Waals surface area contributed by atoms with Gasteiger partial charge in [0.1, 0.15) is 0 Å².